The largest absolute Gasteiger partial charge is 0.481 e. The van der Waals surface area contributed by atoms with Gasteiger partial charge in [0.15, 0.2) is 0 Å². The normalized spacial score (nSPS) is 12.7. The number of benzene rings is 1. The zero-order valence-corrected chi connectivity index (χ0v) is 15.1. The van der Waals surface area contributed by atoms with Gasteiger partial charge in [-0.3, -0.25) is 0 Å². The first kappa shape index (κ1) is 17.0. The van der Waals surface area contributed by atoms with Crippen molar-refractivity contribution in [3.63, 3.8) is 0 Å². The molecular formula is C18H23N3O2S. The van der Waals surface area contributed by atoms with Gasteiger partial charge in [0.05, 0.1) is 18.4 Å². The number of hydrogen-bond acceptors (Lipinski definition) is 5. The molecule has 2 heterocycles. The molecule has 24 heavy (non-hydrogen) atoms. The summed E-state index contributed by atoms with van der Waals surface area (Å²) < 4.78 is 8.41. The topological polar surface area (TPSA) is 59.3 Å². The van der Waals surface area contributed by atoms with E-state index in [-0.39, 0.29) is 0 Å². The third-order valence-corrected chi connectivity index (χ3v) is 5.33. The third-order valence-electron chi connectivity index (χ3n) is 4.11. The van der Waals surface area contributed by atoms with E-state index in [4.69, 9.17) is 4.74 Å². The zero-order valence-electron chi connectivity index (χ0n) is 14.2. The minimum atomic E-state index is -0.518. The van der Waals surface area contributed by atoms with E-state index in [0.29, 0.717) is 13.1 Å². The highest BCUT2D eigenvalue weighted by atomic mass is 32.1. The minimum absolute atomic E-state index is 0.494. The quantitative estimate of drug-likeness (QED) is 0.691. The Morgan fingerprint density at radius 3 is 2.88 bits per heavy atom. The van der Waals surface area contributed by atoms with Gasteiger partial charge in [-0.05, 0) is 23.9 Å². The van der Waals surface area contributed by atoms with E-state index in [2.05, 4.69) is 35.5 Å². The van der Waals surface area contributed by atoms with Crippen LogP contribution in [0.5, 0.6) is 5.88 Å². The predicted octanol–water partition coefficient (Wildman–Crippen LogP) is 3.03. The van der Waals surface area contributed by atoms with Crippen molar-refractivity contribution in [1.29, 1.82) is 0 Å². The molecule has 2 N–H and O–H groups in total. The fourth-order valence-corrected chi connectivity index (χ4v) is 3.97. The zero-order chi connectivity index (χ0) is 17.1. The molecule has 128 valence electrons. The number of rotatable bonds is 7. The second-order valence-electron chi connectivity index (χ2n) is 5.74. The number of aliphatic hydroxyl groups is 1. The maximum absolute atomic E-state index is 10.5. The summed E-state index contributed by atoms with van der Waals surface area (Å²) in [7, 11) is 3.54. The lowest BCUT2D eigenvalue weighted by Gasteiger charge is -2.11. The van der Waals surface area contributed by atoms with Gasteiger partial charge in [0, 0.05) is 29.7 Å². The van der Waals surface area contributed by atoms with Crippen LogP contribution < -0.4 is 10.1 Å². The molecule has 0 saturated carbocycles. The molecule has 0 saturated heterocycles. The van der Waals surface area contributed by atoms with Gasteiger partial charge in [0.2, 0.25) is 5.88 Å². The number of thiophene rings is 1. The van der Waals surface area contributed by atoms with Crippen molar-refractivity contribution in [3.8, 4) is 5.88 Å². The minimum Gasteiger partial charge on any atom is -0.481 e. The highest BCUT2D eigenvalue weighted by Crippen LogP contribution is 2.29. The van der Waals surface area contributed by atoms with Gasteiger partial charge in [0.25, 0.3) is 0 Å². The number of aryl methyl sites for hydroxylation is 2. The number of hydrogen-bond donors (Lipinski definition) is 2. The lowest BCUT2D eigenvalue weighted by atomic mass is 10.2. The van der Waals surface area contributed by atoms with E-state index in [9.17, 15) is 5.11 Å². The Morgan fingerprint density at radius 1 is 1.38 bits per heavy atom. The summed E-state index contributed by atoms with van der Waals surface area (Å²) in [5, 5.41) is 19.4. The first-order valence-corrected chi connectivity index (χ1v) is 8.91. The molecule has 0 amide bonds. The van der Waals surface area contributed by atoms with Crippen LogP contribution in [0, 0.1) is 0 Å². The highest BCUT2D eigenvalue weighted by molar-refractivity contribution is 7.19. The van der Waals surface area contributed by atoms with E-state index in [0.717, 1.165) is 28.4 Å². The number of aliphatic hydroxyl groups excluding tert-OH is 1. The van der Waals surface area contributed by atoms with Crippen molar-refractivity contribution >= 4 is 21.4 Å². The monoisotopic (exact) mass is 345 g/mol. The van der Waals surface area contributed by atoms with Gasteiger partial charge < -0.3 is 15.2 Å². The molecule has 3 aromatic rings. The smallest absolute Gasteiger partial charge is 0.216 e. The Hall–Kier alpha value is -1.89. The van der Waals surface area contributed by atoms with Crippen LogP contribution in [-0.4, -0.2) is 28.5 Å². The first-order valence-electron chi connectivity index (χ1n) is 8.10. The fraction of sp³-hybridized carbons (Fsp3) is 0.389. The van der Waals surface area contributed by atoms with Crippen LogP contribution in [0.4, 0.5) is 0 Å². The molecule has 6 heteroatoms. The molecule has 0 aliphatic heterocycles. The molecule has 3 rings (SSSR count). The number of aromatic nitrogens is 2. The Morgan fingerprint density at radius 2 is 2.17 bits per heavy atom. The average Bonchev–Trinajstić information content (AvgIpc) is 3.15. The average molecular weight is 345 g/mol. The molecule has 5 nitrogen and oxygen atoms in total. The van der Waals surface area contributed by atoms with E-state index in [1.165, 1.54) is 10.1 Å². The second kappa shape index (κ2) is 7.34. The van der Waals surface area contributed by atoms with Crippen molar-refractivity contribution in [2.75, 3.05) is 13.7 Å². The van der Waals surface area contributed by atoms with Crippen LogP contribution in [0.1, 0.15) is 29.2 Å². The van der Waals surface area contributed by atoms with Crippen LogP contribution in [0.2, 0.25) is 0 Å². The molecule has 1 atom stereocenters. The van der Waals surface area contributed by atoms with Gasteiger partial charge in [0.1, 0.15) is 6.10 Å². The standard InChI is InChI=1S/C18H23N3O2S/c1-4-14-13(18(23-3)21(2)20-14)10-19-11-15(22)17-9-12-7-5-6-8-16(12)24-17/h5-9,15,19,22H,4,10-11H2,1-3H3. The third kappa shape index (κ3) is 3.31. The van der Waals surface area contributed by atoms with E-state index in [1.54, 1.807) is 23.1 Å². The molecule has 1 unspecified atom stereocenters. The summed E-state index contributed by atoms with van der Waals surface area (Å²) in [6.45, 7) is 3.20. The van der Waals surface area contributed by atoms with Crippen LogP contribution >= 0.6 is 11.3 Å². The van der Waals surface area contributed by atoms with Crippen molar-refractivity contribution in [2.24, 2.45) is 7.05 Å². The Balaban J connectivity index is 1.66. The van der Waals surface area contributed by atoms with Crippen molar-refractivity contribution in [3.05, 3.63) is 46.5 Å². The van der Waals surface area contributed by atoms with Crippen LogP contribution in [-0.2, 0) is 20.0 Å². The summed E-state index contributed by atoms with van der Waals surface area (Å²) in [6, 6.07) is 10.3. The Labute approximate surface area is 145 Å². The van der Waals surface area contributed by atoms with Gasteiger partial charge in [-0.1, -0.05) is 25.1 Å². The maximum atomic E-state index is 10.5. The molecule has 0 aliphatic rings. The summed E-state index contributed by atoms with van der Waals surface area (Å²) in [4.78, 5) is 0.984. The highest BCUT2D eigenvalue weighted by Gasteiger charge is 2.16. The molecule has 0 spiro atoms. The van der Waals surface area contributed by atoms with E-state index in [1.807, 2.05) is 19.2 Å². The van der Waals surface area contributed by atoms with Crippen LogP contribution in [0.25, 0.3) is 10.1 Å². The van der Waals surface area contributed by atoms with Gasteiger partial charge >= 0.3 is 0 Å². The molecule has 0 radical (unpaired) electrons. The predicted molar refractivity (Wildman–Crippen MR) is 97.6 cm³/mol. The summed E-state index contributed by atoms with van der Waals surface area (Å²) in [5.74, 6) is 0.774. The molecular weight excluding hydrogens is 322 g/mol. The molecule has 0 fully saturated rings. The summed E-state index contributed by atoms with van der Waals surface area (Å²) in [5.41, 5.74) is 2.09. The lowest BCUT2D eigenvalue weighted by molar-refractivity contribution is 0.178. The van der Waals surface area contributed by atoms with Crippen molar-refractivity contribution in [1.82, 2.24) is 15.1 Å². The second-order valence-corrected chi connectivity index (χ2v) is 6.86. The number of nitrogens with one attached hydrogen (secondary N) is 1. The summed E-state index contributed by atoms with van der Waals surface area (Å²) in [6.07, 6.45) is 0.336. The fourth-order valence-electron chi connectivity index (χ4n) is 2.92. The molecule has 0 aliphatic carbocycles. The number of nitrogens with zero attached hydrogens (tertiary/aromatic N) is 2. The van der Waals surface area contributed by atoms with Gasteiger partial charge in [-0.25, -0.2) is 4.68 Å². The SMILES string of the molecule is CCc1nn(C)c(OC)c1CNCC(O)c1cc2ccccc2s1. The van der Waals surface area contributed by atoms with Crippen LogP contribution in [0.15, 0.2) is 30.3 Å². The maximum Gasteiger partial charge on any atom is 0.216 e. The number of ether oxygens (including phenoxy) is 1. The molecule has 2 aromatic heterocycles. The van der Waals surface area contributed by atoms with E-state index >= 15 is 0 Å². The van der Waals surface area contributed by atoms with Crippen molar-refractivity contribution < 1.29 is 9.84 Å². The first-order chi connectivity index (χ1) is 11.6. The molecule has 1 aromatic carbocycles. The lowest BCUT2D eigenvalue weighted by Crippen LogP contribution is -2.21. The Kier molecular flexibility index (Phi) is 5.18. The van der Waals surface area contributed by atoms with Crippen molar-refractivity contribution in [2.45, 2.75) is 26.0 Å². The van der Waals surface area contributed by atoms with Gasteiger partial charge in [-0.2, -0.15) is 5.10 Å². The van der Waals surface area contributed by atoms with Crippen LogP contribution in [0.3, 0.4) is 0 Å². The number of fused-ring (bicyclic) bond motifs is 1. The molecule has 0 bridgehead atoms. The Bertz CT molecular complexity index is 792. The summed E-state index contributed by atoms with van der Waals surface area (Å²) >= 11 is 1.64. The number of methoxy groups -OCH3 is 1. The van der Waals surface area contributed by atoms with Gasteiger partial charge in [-0.15, -0.1) is 11.3 Å². The van der Waals surface area contributed by atoms with E-state index < -0.39 is 6.10 Å².